The number of likely N-dealkylation sites (tertiary alicyclic amines) is 1. The zero-order chi connectivity index (χ0) is 17.4. The van der Waals surface area contributed by atoms with Crippen LogP contribution in [0.1, 0.15) is 58.3 Å². The molecule has 4 saturated carbocycles. The third-order valence-electron chi connectivity index (χ3n) is 9.58. The highest BCUT2D eigenvalue weighted by molar-refractivity contribution is 5.28. The molecule has 0 aromatic rings. The van der Waals surface area contributed by atoms with Crippen molar-refractivity contribution in [2.45, 2.75) is 64.4 Å². The van der Waals surface area contributed by atoms with Crippen LogP contribution in [0.5, 0.6) is 0 Å². The first-order valence-electron chi connectivity index (χ1n) is 10.7. The lowest BCUT2D eigenvalue weighted by Gasteiger charge is -2.69. The normalized spacial score (nSPS) is 54.9. The van der Waals surface area contributed by atoms with Gasteiger partial charge in [0, 0.05) is 25.0 Å². The van der Waals surface area contributed by atoms with Gasteiger partial charge in [0.1, 0.15) is 0 Å². The average molecular weight is 346 g/mol. The fraction of sp³-hybridized carbons (Fsp3) is 0.909. The van der Waals surface area contributed by atoms with Crippen LogP contribution in [-0.2, 0) is 0 Å². The molecule has 1 heterocycles. The summed E-state index contributed by atoms with van der Waals surface area (Å²) in [7, 11) is 0. The van der Waals surface area contributed by atoms with E-state index >= 15 is 0 Å². The number of fused-ring (bicyclic) bond motifs is 1. The minimum absolute atomic E-state index is 0.122. The number of hydrogen-bond donors (Lipinski definition) is 2. The van der Waals surface area contributed by atoms with Gasteiger partial charge >= 0.3 is 0 Å². The Hall–Kier alpha value is -0.380. The SMILES string of the molecule is C=C1[C@@H]2CC[C@H]3[C@@]45CCC[C@@](C)(CN(CCO)C4)[C@H]5CC[C@]3(C2)[C@H]1O. The summed E-state index contributed by atoms with van der Waals surface area (Å²) in [6.45, 7) is 10.3. The summed E-state index contributed by atoms with van der Waals surface area (Å²) in [6.07, 6.45) is 10.0. The highest BCUT2D eigenvalue weighted by Gasteiger charge is 2.69. The molecule has 0 radical (unpaired) electrons. The quantitative estimate of drug-likeness (QED) is 0.755. The van der Waals surface area contributed by atoms with Crippen molar-refractivity contribution >= 4 is 0 Å². The molecule has 2 N–H and O–H groups in total. The zero-order valence-electron chi connectivity index (χ0n) is 15.8. The molecule has 0 aromatic carbocycles. The molecule has 3 nitrogen and oxygen atoms in total. The van der Waals surface area contributed by atoms with E-state index in [-0.39, 0.29) is 18.1 Å². The van der Waals surface area contributed by atoms with Gasteiger partial charge in [-0.15, -0.1) is 0 Å². The molecular weight excluding hydrogens is 310 g/mol. The summed E-state index contributed by atoms with van der Waals surface area (Å²) < 4.78 is 0. The Kier molecular flexibility index (Phi) is 3.57. The van der Waals surface area contributed by atoms with Crippen LogP contribution in [0.25, 0.3) is 0 Å². The van der Waals surface area contributed by atoms with E-state index < -0.39 is 0 Å². The molecule has 4 aliphatic carbocycles. The van der Waals surface area contributed by atoms with Crippen LogP contribution in [0.4, 0.5) is 0 Å². The van der Waals surface area contributed by atoms with Crippen molar-refractivity contribution in [1.82, 2.24) is 4.90 Å². The molecule has 7 atom stereocenters. The Labute approximate surface area is 152 Å². The fourth-order valence-corrected chi connectivity index (χ4v) is 8.94. The van der Waals surface area contributed by atoms with Gasteiger partial charge in [0.25, 0.3) is 0 Å². The summed E-state index contributed by atoms with van der Waals surface area (Å²) in [6, 6.07) is 0. The third kappa shape index (κ3) is 1.98. The highest BCUT2D eigenvalue weighted by Crippen LogP contribution is 2.73. The van der Waals surface area contributed by atoms with Crippen LogP contribution in [-0.4, -0.2) is 47.5 Å². The van der Waals surface area contributed by atoms with E-state index in [2.05, 4.69) is 18.4 Å². The maximum absolute atomic E-state index is 11.2. The Bertz CT molecular complexity index is 591. The van der Waals surface area contributed by atoms with Gasteiger partial charge in [-0.25, -0.2) is 0 Å². The summed E-state index contributed by atoms with van der Waals surface area (Å²) in [5, 5.41) is 20.8. The van der Waals surface area contributed by atoms with Crippen LogP contribution >= 0.6 is 0 Å². The van der Waals surface area contributed by atoms with Crippen LogP contribution in [0.2, 0.25) is 0 Å². The molecule has 3 heteroatoms. The second-order valence-electron chi connectivity index (χ2n) is 10.5. The third-order valence-corrected chi connectivity index (χ3v) is 9.58. The molecule has 5 rings (SSSR count). The first kappa shape index (κ1) is 16.8. The molecule has 25 heavy (non-hydrogen) atoms. The molecular formula is C22H35NO2. The van der Waals surface area contributed by atoms with E-state index in [9.17, 15) is 10.2 Å². The Balaban J connectivity index is 1.59. The van der Waals surface area contributed by atoms with Gasteiger partial charge in [0.05, 0.1) is 12.7 Å². The van der Waals surface area contributed by atoms with Crippen LogP contribution in [0, 0.1) is 34.0 Å². The van der Waals surface area contributed by atoms with Gasteiger partial charge in [-0.2, -0.15) is 0 Å². The molecule has 1 saturated heterocycles. The van der Waals surface area contributed by atoms with Crippen molar-refractivity contribution in [1.29, 1.82) is 0 Å². The van der Waals surface area contributed by atoms with Crippen molar-refractivity contribution < 1.29 is 10.2 Å². The zero-order valence-corrected chi connectivity index (χ0v) is 15.8. The van der Waals surface area contributed by atoms with Crippen molar-refractivity contribution in [3.8, 4) is 0 Å². The van der Waals surface area contributed by atoms with Gasteiger partial charge in [0.15, 0.2) is 0 Å². The molecule has 4 bridgehead atoms. The first-order chi connectivity index (χ1) is 12.0. The molecule has 5 aliphatic rings. The largest absolute Gasteiger partial charge is 0.395 e. The lowest BCUT2D eigenvalue weighted by molar-refractivity contribution is -0.217. The summed E-state index contributed by atoms with van der Waals surface area (Å²) in [4.78, 5) is 2.57. The van der Waals surface area contributed by atoms with E-state index in [1.54, 1.807) is 0 Å². The predicted octanol–water partition coefficient (Wildman–Crippen LogP) is 3.21. The molecule has 1 aliphatic heterocycles. The maximum Gasteiger partial charge on any atom is 0.0809 e. The molecule has 0 aromatic heterocycles. The second-order valence-corrected chi connectivity index (χ2v) is 10.5. The van der Waals surface area contributed by atoms with Crippen LogP contribution < -0.4 is 0 Å². The minimum atomic E-state index is -0.262. The Morgan fingerprint density at radius 1 is 1.08 bits per heavy atom. The smallest absolute Gasteiger partial charge is 0.0809 e. The van der Waals surface area contributed by atoms with E-state index in [0.29, 0.717) is 22.7 Å². The molecule has 0 amide bonds. The van der Waals surface area contributed by atoms with Crippen molar-refractivity contribution in [2.24, 2.45) is 34.0 Å². The molecule has 140 valence electrons. The van der Waals surface area contributed by atoms with Crippen LogP contribution in [0.3, 0.4) is 0 Å². The Morgan fingerprint density at radius 3 is 2.72 bits per heavy atom. The van der Waals surface area contributed by atoms with Crippen molar-refractivity contribution in [3.05, 3.63) is 12.2 Å². The number of aliphatic hydroxyl groups excluding tert-OH is 2. The first-order valence-corrected chi connectivity index (χ1v) is 10.7. The maximum atomic E-state index is 11.2. The van der Waals surface area contributed by atoms with E-state index in [1.165, 1.54) is 51.4 Å². The molecule has 5 fully saturated rings. The summed E-state index contributed by atoms with van der Waals surface area (Å²) in [5.74, 6) is 2.05. The summed E-state index contributed by atoms with van der Waals surface area (Å²) in [5.41, 5.74) is 2.05. The van der Waals surface area contributed by atoms with Gasteiger partial charge in [0.2, 0.25) is 0 Å². The van der Waals surface area contributed by atoms with Gasteiger partial charge < -0.3 is 10.2 Å². The topological polar surface area (TPSA) is 43.7 Å². The van der Waals surface area contributed by atoms with Gasteiger partial charge in [-0.3, -0.25) is 4.90 Å². The number of hydrogen-bond acceptors (Lipinski definition) is 3. The van der Waals surface area contributed by atoms with Crippen molar-refractivity contribution in [2.75, 3.05) is 26.2 Å². The van der Waals surface area contributed by atoms with E-state index in [4.69, 9.17) is 0 Å². The fourth-order valence-electron chi connectivity index (χ4n) is 8.94. The summed E-state index contributed by atoms with van der Waals surface area (Å²) >= 11 is 0. The highest BCUT2D eigenvalue weighted by atomic mass is 16.3. The number of nitrogens with zero attached hydrogens (tertiary/aromatic N) is 1. The average Bonchev–Trinajstić information content (AvgIpc) is 2.74. The van der Waals surface area contributed by atoms with Crippen molar-refractivity contribution in [3.63, 3.8) is 0 Å². The Morgan fingerprint density at radius 2 is 1.92 bits per heavy atom. The van der Waals surface area contributed by atoms with E-state index in [0.717, 1.165) is 31.1 Å². The standard InChI is InChI=1S/C22H35NO2/c1-15-16-4-5-18-21(12-16,19(15)25)9-6-17-20(2)7-3-8-22(17,18)14-23(13-20)10-11-24/h16-19,24-25H,1,3-14H2,2H3/t16-,17-,18-,19+,20+,21-,22+/m1/s1. The monoisotopic (exact) mass is 345 g/mol. The molecule has 0 unspecified atom stereocenters. The number of piperidine rings is 1. The van der Waals surface area contributed by atoms with Crippen LogP contribution in [0.15, 0.2) is 12.2 Å². The van der Waals surface area contributed by atoms with Gasteiger partial charge in [-0.1, -0.05) is 19.9 Å². The number of β-amino-alcohol motifs (C(OH)–C–C–N with tert-alkyl or cyclic N) is 1. The van der Waals surface area contributed by atoms with Gasteiger partial charge in [-0.05, 0) is 79.1 Å². The lowest BCUT2D eigenvalue weighted by Crippen LogP contribution is -2.68. The van der Waals surface area contributed by atoms with E-state index in [1.807, 2.05) is 0 Å². The minimum Gasteiger partial charge on any atom is -0.395 e. The lowest BCUT2D eigenvalue weighted by atomic mass is 9.39. The number of rotatable bonds is 2. The molecule has 1 spiro atoms. The predicted molar refractivity (Wildman–Crippen MR) is 99.1 cm³/mol. The second kappa shape index (κ2) is 5.33. The number of aliphatic hydroxyl groups is 2.